The number of anilines is 1. The van der Waals surface area contributed by atoms with Gasteiger partial charge >= 0.3 is 5.97 Å². The average molecular weight is 287 g/mol. The maximum Gasteiger partial charge on any atom is 0.339 e. The molecule has 0 radical (unpaired) electrons. The molecule has 0 amide bonds. The molecule has 1 aromatic carbocycles. The Balaban J connectivity index is 1.90. The van der Waals surface area contributed by atoms with Gasteiger partial charge in [-0.05, 0) is 31.2 Å². The number of hydrogen-bond donors (Lipinski definition) is 1. The average Bonchev–Trinajstić information content (AvgIpc) is 2.98. The Morgan fingerprint density at radius 3 is 2.95 bits per heavy atom. The maximum absolute atomic E-state index is 11.3. The summed E-state index contributed by atoms with van der Waals surface area (Å²) < 4.78 is 11.0. The Bertz CT molecular complexity index is 636. The lowest BCUT2D eigenvalue weighted by atomic mass is 10.1. The number of para-hydroxylation sites is 1. The fraction of sp³-hybridized carbons (Fsp3) is 0.312. The first kappa shape index (κ1) is 13.5. The van der Waals surface area contributed by atoms with Gasteiger partial charge in [0.1, 0.15) is 17.9 Å². The van der Waals surface area contributed by atoms with E-state index in [-0.39, 0.29) is 11.6 Å². The second-order valence-corrected chi connectivity index (χ2v) is 5.13. The molecule has 1 atom stereocenters. The number of benzene rings is 1. The number of furan rings is 1. The van der Waals surface area contributed by atoms with Crippen LogP contribution in [0.15, 0.2) is 41.0 Å². The van der Waals surface area contributed by atoms with E-state index in [2.05, 4.69) is 11.8 Å². The number of carboxylic acids is 1. The Kier molecular flexibility index (Phi) is 3.56. The fourth-order valence-corrected chi connectivity index (χ4v) is 2.73. The highest BCUT2D eigenvalue weighted by Gasteiger charge is 2.26. The van der Waals surface area contributed by atoms with Gasteiger partial charge in [-0.25, -0.2) is 4.79 Å². The van der Waals surface area contributed by atoms with Crippen LogP contribution in [0.1, 0.15) is 23.0 Å². The first-order chi connectivity index (χ1) is 10.2. The second kappa shape index (κ2) is 5.52. The highest BCUT2D eigenvalue weighted by Crippen LogP contribution is 2.36. The number of aromatic carboxylic acids is 1. The van der Waals surface area contributed by atoms with Crippen LogP contribution in [0.25, 0.3) is 0 Å². The van der Waals surface area contributed by atoms with Crippen molar-refractivity contribution < 1.29 is 19.1 Å². The number of fused-ring (bicyclic) bond motifs is 1. The molecule has 1 unspecified atom stereocenters. The van der Waals surface area contributed by atoms with Crippen LogP contribution in [-0.2, 0) is 6.42 Å². The van der Waals surface area contributed by atoms with Gasteiger partial charge in [0.15, 0.2) is 5.75 Å². The van der Waals surface area contributed by atoms with Crippen molar-refractivity contribution in [1.82, 2.24) is 0 Å². The maximum atomic E-state index is 11.3. The summed E-state index contributed by atoms with van der Waals surface area (Å²) in [6.07, 6.45) is 2.43. The van der Waals surface area contributed by atoms with Gasteiger partial charge in [0.05, 0.1) is 18.5 Å². The quantitative estimate of drug-likeness (QED) is 0.936. The third-order valence-corrected chi connectivity index (χ3v) is 3.72. The lowest BCUT2D eigenvalue weighted by molar-refractivity contribution is 0.0692. The number of carbonyl (C=O) groups is 1. The van der Waals surface area contributed by atoms with Crippen LogP contribution in [-0.4, -0.2) is 30.3 Å². The summed E-state index contributed by atoms with van der Waals surface area (Å²) in [5.41, 5.74) is 1.04. The number of nitrogens with zero attached hydrogens (tertiary/aromatic N) is 1. The van der Waals surface area contributed by atoms with E-state index in [1.807, 2.05) is 18.2 Å². The summed E-state index contributed by atoms with van der Waals surface area (Å²) in [6.45, 7) is 3.32. The zero-order valence-electron chi connectivity index (χ0n) is 11.8. The van der Waals surface area contributed by atoms with E-state index in [1.165, 1.54) is 0 Å². The van der Waals surface area contributed by atoms with Crippen LogP contribution in [0.4, 0.5) is 5.69 Å². The van der Waals surface area contributed by atoms with Crippen LogP contribution in [0.5, 0.6) is 5.75 Å². The molecule has 5 nitrogen and oxygen atoms in total. The van der Waals surface area contributed by atoms with E-state index in [9.17, 15) is 9.90 Å². The van der Waals surface area contributed by atoms with Crippen molar-refractivity contribution in [2.24, 2.45) is 0 Å². The van der Waals surface area contributed by atoms with E-state index >= 15 is 0 Å². The molecule has 110 valence electrons. The standard InChI is InChI=1S/C16H17NO4/c1-11(10-12-4-3-8-20-12)17-7-9-21-15-13(16(18)19)5-2-6-14(15)17/h2-6,8,11H,7,9-10H2,1H3,(H,18,19). The zero-order chi connectivity index (χ0) is 14.8. The molecule has 3 rings (SSSR count). The van der Waals surface area contributed by atoms with E-state index in [0.717, 1.165) is 24.4 Å². The smallest absolute Gasteiger partial charge is 0.339 e. The molecule has 0 bridgehead atoms. The first-order valence-corrected chi connectivity index (χ1v) is 6.95. The van der Waals surface area contributed by atoms with Crippen LogP contribution in [0.2, 0.25) is 0 Å². The Morgan fingerprint density at radius 2 is 2.24 bits per heavy atom. The van der Waals surface area contributed by atoms with Gasteiger partial charge in [0.2, 0.25) is 0 Å². The number of hydrogen-bond acceptors (Lipinski definition) is 4. The molecule has 1 aromatic heterocycles. The summed E-state index contributed by atoms with van der Waals surface area (Å²) in [4.78, 5) is 13.5. The highest BCUT2D eigenvalue weighted by molar-refractivity contribution is 5.93. The van der Waals surface area contributed by atoms with Crippen LogP contribution >= 0.6 is 0 Å². The zero-order valence-corrected chi connectivity index (χ0v) is 11.8. The third-order valence-electron chi connectivity index (χ3n) is 3.72. The molecule has 21 heavy (non-hydrogen) atoms. The molecular weight excluding hydrogens is 270 g/mol. The molecule has 1 aliphatic rings. The molecule has 1 aliphatic heterocycles. The summed E-state index contributed by atoms with van der Waals surface area (Å²) in [6, 6.07) is 9.25. The third kappa shape index (κ3) is 2.59. The molecule has 0 spiro atoms. The number of carboxylic acid groups (broad SMARTS) is 1. The van der Waals surface area contributed by atoms with Crippen molar-refractivity contribution in [2.75, 3.05) is 18.1 Å². The predicted octanol–water partition coefficient (Wildman–Crippen LogP) is 2.81. The molecule has 0 aliphatic carbocycles. The molecule has 5 heteroatoms. The molecule has 2 aromatic rings. The minimum atomic E-state index is -0.965. The van der Waals surface area contributed by atoms with Crippen molar-refractivity contribution in [3.8, 4) is 5.75 Å². The minimum absolute atomic E-state index is 0.197. The Labute approximate surface area is 122 Å². The van der Waals surface area contributed by atoms with E-state index in [0.29, 0.717) is 12.4 Å². The topological polar surface area (TPSA) is 62.9 Å². The molecule has 0 saturated carbocycles. The SMILES string of the molecule is CC(Cc1ccco1)N1CCOc2c(C(=O)O)cccc21. The van der Waals surface area contributed by atoms with Crippen LogP contribution < -0.4 is 9.64 Å². The summed E-state index contributed by atoms with van der Waals surface area (Å²) in [5, 5.41) is 9.26. The van der Waals surface area contributed by atoms with Gasteiger partial charge in [0, 0.05) is 12.5 Å². The molecular formula is C16H17NO4. The van der Waals surface area contributed by atoms with E-state index < -0.39 is 5.97 Å². The fourth-order valence-electron chi connectivity index (χ4n) is 2.73. The van der Waals surface area contributed by atoms with Gasteiger partial charge in [-0.1, -0.05) is 6.07 Å². The lowest BCUT2D eigenvalue weighted by Gasteiger charge is -2.36. The van der Waals surface area contributed by atoms with Crippen LogP contribution in [0.3, 0.4) is 0 Å². The van der Waals surface area contributed by atoms with E-state index in [1.54, 1.807) is 18.4 Å². The summed E-state index contributed by atoms with van der Waals surface area (Å²) >= 11 is 0. The van der Waals surface area contributed by atoms with Crippen LogP contribution in [0, 0.1) is 0 Å². The molecule has 2 heterocycles. The van der Waals surface area contributed by atoms with Crippen molar-refractivity contribution in [3.63, 3.8) is 0 Å². The van der Waals surface area contributed by atoms with Gasteiger partial charge in [-0.2, -0.15) is 0 Å². The van der Waals surface area contributed by atoms with Gasteiger partial charge < -0.3 is 19.2 Å². The van der Waals surface area contributed by atoms with E-state index in [4.69, 9.17) is 9.15 Å². The van der Waals surface area contributed by atoms with Crippen molar-refractivity contribution >= 4 is 11.7 Å². The molecule has 0 fully saturated rings. The predicted molar refractivity (Wildman–Crippen MR) is 78.1 cm³/mol. The van der Waals surface area contributed by atoms with Crippen molar-refractivity contribution in [1.29, 1.82) is 0 Å². The monoisotopic (exact) mass is 287 g/mol. The summed E-state index contributed by atoms with van der Waals surface area (Å²) in [5.74, 6) is 0.417. The number of ether oxygens (including phenoxy) is 1. The van der Waals surface area contributed by atoms with Crippen molar-refractivity contribution in [3.05, 3.63) is 47.9 Å². The summed E-state index contributed by atoms with van der Waals surface area (Å²) in [7, 11) is 0. The van der Waals surface area contributed by atoms with Gasteiger partial charge in [-0.15, -0.1) is 0 Å². The first-order valence-electron chi connectivity index (χ1n) is 6.95. The lowest BCUT2D eigenvalue weighted by Crippen LogP contribution is -2.41. The van der Waals surface area contributed by atoms with Gasteiger partial charge in [0.25, 0.3) is 0 Å². The normalized spacial score (nSPS) is 15.2. The highest BCUT2D eigenvalue weighted by atomic mass is 16.5. The Morgan fingerprint density at radius 1 is 1.38 bits per heavy atom. The largest absolute Gasteiger partial charge is 0.489 e. The molecule has 1 N–H and O–H groups in total. The molecule has 0 saturated heterocycles. The minimum Gasteiger partial charge on any atom is -0.489 e. The Hall–Kier alpha value is -2.43. The van der Waals surface area contributed by atoms with Crippen molar-refractivity contribution in [2.45, 2.75) is 19.4 Å². The number of rotatable bonds is 4. The van der Waals surface area contributed by atoms with Gasteiger partial charge in [-0.3, -0.25) is 0 Å². The second-order valence-electron chi connectivity index (χ2n) is 5.13.